The first-order valence-corrected chi connectivity index (χ1v) is 6.96. The predicted molar refractivity (Wildman–Crippen MR) is 69.7 cm³/mol. The van der Waals surface area contributed by atoms with Gasteiger partial charge in [0.15, 0.2) is 0 Å². The molecule has 0 spiro atoms. The van der Waals surface area contributed by atoms with E-state index in [4.69, 9.17) is 4.74 Å². The maximum absolute atomic E-state index is 5.05. The Hall–Kier alpha value is -0.0800. The van der Waals surface area contributed by atoms with Gasteiger partial charge in [-0.1, -0.05) is 26.7 Å². The van der Waals surface area contributed by atoms with E-state index in [1.54, 1.807) is 7.11 Å². The Morgan fingerprint density at radius 1 is 1.25 bits per heavy atom. The molecule has 0 aliphatic heterocycles. The molecule has 2 atom stereocenters. The van der Waals surface area contributed by atoms with Crippen LogP contribution in [0.3, 0.4) is 0 Å². The molecule has 16 heavy (non-hydrogen) atoms. The van der Waals surface area contributed by atoms with Crippen LogP contribution in [0.15, 0.2) is 0 Å². The molecule has 96 valence electrons. The second-order valence-corrected chi connectivity index (χ2v) is 5.52. The third-order valence-corrected chi connectivity index (χ3v) is 3.87. The zero-order chi connectivity index (χ0) is 11.8. The van der Waals surface area contributed by atoms with Crippen LogP contribution >= 0.6 is 0 Å². The summed E-state index contributed by atoms with van der Waals surface area (Å²) in [4.78, 5) is 0. The smallest absolute Gasteiger partial charge is 0.0462 e. The summed E-state index contributed by atoms with van der Waals surface area (Å²) in [5.74, 6) is 1.81. The van der Waals surface area contributed by atoms with Gasteiger partial charge in [0.05, 0.1) is 0 Å². The topological polar surface area (TPSA) is 21.3 Å². The molecule has 1 fully saturated rings. The predicted octanol–water partition coefficient (Wildman–Crippen LogP) is 3.22. The first-order valence-electron chi connectivity index (χ1n) is 6.96. The first-order chi connectivity index (χ1) is 7.74. The summed E-state index contributed by atoms with van der Waals surface area (Å²) in [6.45, 7) is 6.80. The molecule has 0 radical (unpaired) electrons. The minimum atomic E-state index is 0.781. The molecule has 0 bridgehead atoms. The number of methoxy groups -OCH3 is 1. The van der Waals surface area contributed by atoms with E-state index in [2.05, 4.69) is 19.2 Å². The van der Waals surface area contributed by atoms with Gasteiger partial charge in [-0.05, 0) is 44.1 Å². The second kappa shape index (κ2) is 8.08. The average molecular weight is 227 g/mol. The highest BCUT2D eigenvalue weighted by Crippen LogP contribution is 2.29. The van der Waals surface area contributed by atoms with E-state index in [1.165, 1.54) is 45.1 Å². The Balaban J connectivity index is 2.07. The zero-order valence-corrected chi connectivity index (χ0v) is 11.3. The van der Waals surface area contributed by atoms with Gasteiger partial charge in [-0.15, -0.1) is 0 Å². The number of hydrogen-bond acceptors (Lipinski definition) is 2. The third-order valence-electron chi connectivity index (χ3n) is 3.87. The SMILES string of the molecule is COCCCCNC1CCCC(C(C)C)C1. The van der Waals surface area contributed by atoms with Crippen LogP contribution in [0.25, 0.3) is 0 Å². The van der Waals surface area contributed by atoms with Crippen LogP contribution in [0.2, 0.25) is 0 Å². The van der Waals surface area contributed by atoms with Gasteiger partial charge < -0.3 is 10.1 Å². The zero-order valence-electron chi connectivity index (χ0n) is 11.3. The largest absolute Gasteiger partial charge is 0.385 e. The van der Waals surface area contributed by atoms with Crippen molar-refractivity contribution in [1.29, 1.82) is 0 Å². The average Bonchev–Trinajstić information content (AvgIpc) is 2.29. The molecule has 0 saturated heterocycles. The van der Waals surface area contributed by atoms with E-state index in [9.17, 15) is 0 Å². The Morgan fingerprint density at radius 2 is 2.06 bits per heavy atom. The number of nitrogens with one attached hydrogen (secondary N) is 1. The molecule has 0 aromatic carbocycles. The lowest BCUT2D eigenvalue weighted by atomic mass is 9.79. The highest BCUT2D eigenvalue weighted by Gasteiger charge is 2.23. The van der Waals surface area contributed by atoms with Crippen LogP contribution in [0.4, 0.5) is 0 Å². The molecule has 0 heterocycles. The Kier molecular flexibility index (Phi) is 7.06. The lowest BCUT2D eigenvalue weighted by Crippen LogP contribution is -2.36. The van der Waals surface area contributed by atoms with Crippen LogP contribution in [0.1, 0.15) is 52.4 Å². The molecule has 2 nitrogen and oxygen atoms in total. The third kappa shape index (κ3) is 5.31. The van der Waals surface area contributed by atoms with Gasteiger partial charge in [-0.3, -0.25) is 0 Å². The molecule has 1 aliphatic rings. The molecule has 2 heteroatoms. The van der Waals surface area contributed by atoms with E-state index in [-0.39, 0.29) is 0 Å². The minimum absolute atomic E-state index is 0.781. The molecule has 1 aliphatic carbocycles. The molecular formula is C14H29NO. The first kappa shape index (κ1) is 14.0. The number of ether oxygens (including phenoxy) is 1. The standard InChI is InChI=1S/C14H29NO/c1-12(2)13-7-6-8-14(11-13)15-9-4-5-10-16-3/h12-15H,4-11H2,1-3H3. The molecule has 1 N–H and O–H groups in total. The van der Waals surface area contributed by atoms with Crippen molar-refractivity contribution >= 4 is 0 Å². The monoisotopic (exact) mass is 227 g/mol. The summed E-state index contributed by atoms with van der Waals surface area (Å²) < 4.78 is 5.05. The van der Waals surface area contributed by atoms with Crippen molar-refractivity contribution in [1.82, 2.24) is 5.32 Å². The molecule has 1 saturated carbocycles. The number of unbranched alkanes of at least 4 members (excludes halogenated alkanes) is 1. The molecular weight excluding hydrogens is 198 g/mol. The summed E-state index contributed by atoms with van der Waals surface area (Å²) in [6, 6.07) is 0.781. The van der Waals surface area contributed by atoms with E-state index in [1.807, 2.05) is 0 Å². The van der Waals surface area contributed by atoms with E-state index in [0.717, 1.165) is 24.5 Å². The minimum Gasteiger partial charge on any atom is -0.385 e. The van der Waals surface area contributed by atoms with Crippen molar-refractivity contribution in [3.63, 3.8) is 0 Å². The van der Waals surface area contributed by atoms with Crippen molar-refractivity contribution in [2.24, 2.45) is 11.8 Å². The van der Waals surface area contributed by atoms with E-state index >= 15 is 0 Å². The van der Waals surface area contributed by atoms with Gasteiger partial charge in [0.1, 0.15) is 0 Å². The fraction of sp³-hybridized carbons (Fsp3) is 1.00. The molecule has 0 amide bonds. The Bertz CT molecular complexity index is 170. The summed E-state index contributed by atoms with van der Waals surface area (Å²) >= 11 is 0. The summed E-state index contributed by atoms with van der Waals surface area (Å²) in [5, 5.41) is 3.71. The van der Waals surface area contributed by atoms with Gasteiger partial charge >= 0.3 is 0 Å². The number of rotatable bonds is 7. The Labute approximate surface area is 101 Å². The van der Waals surface area contributed by atoms with Crippen LogP contribution in [0.5, 0.6) is 0 Å². The van der Waals surface area contributed by atoms with Crippen molar-refractivity contribution in [3.05, 3.63) is 0 Å². The fourth-order valence-electron chi connectivity index (χ4n) is 2.70. The van der Waals surface area contributed by atoms with Gasteiger partial charge in [-0.2, -0.15) is 0 Å². The Morgan fingerprint density at radius 3 is 2.75 bits per heavy atom. The van der Waals surface area contributed by atoms with E-state index < -0.39 is 0 Å². The number of hydrogen-bond donors (Lipinski definition) is 1. The van der Waals surface area contributed by atoms with Crippen molar-refractivity contribution in [3.8, 4) is 0 Å². The highest BCUT2D eigenvalue weighted by molar-refractivity contribution is 4.79. The van der Waals surface area contributed by atoms with Gasteiger partial charge in [0, 0.05) is 19.8 Å². The summed E-state index contributed by atoms with van der Waals surface area (Å²) in [5.41, 5.74) is 0. The van der Waals surface area contributed by atoms with Gasteiger partial charge in [0.2, 0.25) is 0 Å². The lowest BCUT2D eigenvalue weighted by molar-refractivity contribution is 0.190. The van der Waals surface area contributed by atoms with Crippen molar-refractivity contribution in [2.75, 3.05) is 20.3 Å². The van der Waals surface area contributed by atoms with Crippen molar-refractivity contribution < 1.29 is 4.74 Å². The highest BCUT2D eigenvalue weighted by atomic mass is 16.5. The van der Waals surface area contributed by atoms with Gasteiger partial charge in [-0.25, -0.2) is 0 Å². The summed E-state index contributed by atoms with van der Waals surface area (Å²) in [7, 11) is 1.78. The van der Waals surface area contributed by atoms with Crippen molar-refractivity contribution in [2.45, 2.75) is 58.4 Å². The normalized spacial score (nSPS) is 26.2. The maximum Gasteiger partial charge on any atom is 0.0462 e. The quantitative estimate of drug-likeness (QED) is 0.674. The maximum atomic E-state index is 5.05. The van der Waals surface area contributed by atoms with Gasteiger partial charge in [0.25, 0.3) is 0 Å². The van der Waals surface area contributed by atoms with Crippen LogP contribution in [-0.2, 0) is 4.74 Å². The summed E-state index contributed by atoms with van der Waals surface area (Å²) in [6.07, 6.45) is 8.06. The molecule has 0 aromatic heterocycles. The molecule has 2 unspecified atom stereocenters. The van der Waals surface area contributed by atoms with Crippen LogP contribution in [0, 0.1) is 11.8 Å². The van der Waals surface area contributed by atoms with E-state index in [0.29, 0.717) is 0 Å². The molecule has 0 aromatic rings. The lowest BCUT2D eigenvalue weighted by Gasteiger charge is -2.32. The second-order valence-electron chi connectivity index (χ2n) is 5.52. The fourth-order valence-corrected chi connectivity index (χ4v) is 2.70. The van der Waals surface area contributed by atoms with Crippen LogP contribution in [-0.4, -0.2) is 26.3 Å². The molecule has 1 rings (SSSR count). The van der Waals surface area contributed by atoms with Crippen LogP contribution < -0.4 is 5.32 Å².